The number of hydrogen-bond acceptors (Lipinski definition) is 3. The zero-order chi connectivity index (χ0) is 19.0. The highest BCUT2D eigenvalue weighted by molar-refractivity contribution is 5.85. The Morgan fingerprint density at radius 1 is 1.07 bits per heavy atom. The number of anilines is 2. The molecule has 0 spiro atoms. The van der Waals surface area contributed by atoms with Gasteiger partial charge in [-0.1, -0.05) is 6.07 Å². The molecule has 2 aromatic carbocycles. The van der Waals surface area contributed by atoms with Gasteiger partial charge in [0, 0.05) is 36.7 Å². The van der Waals surface area contributed by atoms with Crippen LogP contribution in [-0.2, 0) is 26.2 Å². The van der Waals surface area contributed by atoms with Crippen molar-refractivity contribution in [3.63, 3.8) is 0 Å². The molecule has 2 heterocycles. The van der Waals surface area contributed by atoms with Gasteiger partial charge in [0.05, 0.1) is 17.6 Å². The molecule has 0 aliphatic carbocycles. The van der Waals surface area contributed by atoms with Gasteiger partial charge in [-0.2, -0.15) is 13.2 Å². The Labute approximate surface area is 179 Å². The Morgan fingerprint density at radius 3 is 2.41 bits per heavy atom. The fourth-order valence-corrected chi connectivity index (χ4v) is 3.42. The second-order valence-corrected chi connectivity index (χ2v) is 6.68. The van der Waals surface area contributed by atoms with Gasteiger partial charge in [-0.05, 0) is 54.4 Å². The van der Waals surface area contributed by atoms with Crippen molar-refractivity contribution < 1.29 is 13.2 Å². The number of aromatic nitrogens is 2. The SMILES string of the molecule is Cl.Cl.Cn1cnc(-c2c(Nc3ccc(C(F)(F)F)cc3)ccc3c2CCNC3)c1. The minimum Gasteiger partial charge on any atom is -0.355 e. The van der Waals surface area contributed by atoms with Crippen LogP contribution in [0.25, 0.3) is 11.3 Å². The molecule has 9 heteroatoms. The van der Waals surface area contributed by atoms with Gasteiger partial charge in [0.1, 0.15) is 0 Å². The first-order valence-corrected chi connectivity index (χ1v) is 8.70. The van der Waals surface area contributed by atoms with Crippen LogP contribution >= 0.6 is 24.8 Å². The molecule has 0 saturated heterocycles. The average molecular weight is 445 g/mol. The molecule has 1 aliphatic rings. The smallest absolute Gasteiger partial charge is 0.355 e. The Bertz CT molecular complexity index is 969. The van der Waals surface area contributed by atoms with Gasteiger partial charge in [-0.3, -0.25) is 0 Å². The number of nitrogens with one attached hydrogen (secondary N) is 2. The summed E-state index contributed by atoms with van der Waals surface area (Å²) in [6.45, 7) is 1.69. The van der Waals surface area contributed by atoms with Crippen LogP contribution in [0.5, 0.6) is 0 Å². The van der Waals surface area contributed by atoms with Gasteiger partial charge >= 0.3 is 6.18 Å². The summed E-state index contributed by atoms with van der Waals surface area (Å²) in [5.74, 6) is 0. The van der Waals surface area contributed by atoms with E-state index in [1.165, 1.54) is 23.3 Å². The van der Waals surface area contributed by atoms with E-state index in [0.29, 0.717) is 5.69 Å². The summed E-state index contributed by atoms with van der Waals surface area (Å²) in [6.07, 6.45) is 0.244. The maximum Gasteiger partial charge on any atom is 0.416 e. The molecule has 1 aliphatic heterocycles. The predicted molar refractivity (Wildman–Crippen MR) is 113 cm³/mol. The van der Waals surface area contributed by atoms with E-state index in [9.17, 15) is 13.2 Å². The molecule has 3 aromatic rings. The van der Waals surface area contributed by atoms with Crippen molar-refractivity contribution in [2.75, 3.05) is 11.9 Å². The van der Waals surface area contributed by atoms with E-state index in [-0.39, 0.29) is 24.8 Å². The topological polar surface area (TPSA) is 41.9 Å². The number of halogens is 5. The van der Waals surface area contributed by atoms with Gasteiger partial charge < -0.3 is 15.2 Å². The monoisotopic (exact) mass is 444 g/mol. The van der Waals surface area contributed by atoms with Gasteiger partial charge in [0.2, 0.25) is 0 Å². The lowest BCUT2D eigenvalue weighted by atomic mass is 9.92. The van der Waals surface area contributed by atoms with Crippen molar-refractivity contribution in [2.24, 2.45) is 7.05 Å². The normalized spacial score (nSPS) is 13.1. The second-order valence-electron chi connectivity index (χ2n) is 6.68. The van der Waals surface area contributed by atoms with Gasteiger partial charge in [-0.15, -0.1) is 24.8 Å². The van der Waals surface area contributed by atoms with Crippen LogP contribution in [0.4, 0.5) is 24.5 Å². The third-order valence-electron chi connectivity index (χ3n) is 4.73. The molecule has 0 unspecified atom stereocenters. The van der Waals surface area contributed by atoms with Crippen LogP contribution in [0.1, 0.15) is 16.7 Å². The maximum atomic E-state index is 12.8. The first-order valence-electron chi connectivity index (χ1n) is 8.70. The highest BCUT2D eigenvalue weighted by atomic mass is 35.5. The molecule has 1 aromatic heterocycles. The number of fused-ring (bicyclic) bond motifs is 1. The lowest BCUT2D eigenvalue weighted by Crippen LogP contribution is -2.24. The number of aryl methyl sites for hydroxylation is 1. The zero-order valence-electron chi connectivity index (χ0n) is 15.6. The lowest BCUT2D eigenvalue weighted by Gasteiger charge is -2.23. The number of rotatable bonds is 3. The summed E-state index contributed by atoms with van der Waals surface area (Å²) in [4.78, 5) is 4.50. The Balaban J connectivity index is 0.00000150. The summed E-state index contributed by atoms with van der Waals surface area (Å²) in [6, 6.07) is 9.10. The standard InChI is InChI=1S/C20H19F3N4.2ClH/c1-27-11-18(25-12-27)19-16-8-9-24-10-13(16)2-7-17(19)26-15-5-3-14(4-6-15)20(21,22)23;;/h2-7,11-12,24,26H,8-10H2,1H3;2*1H. The van der Waals surface area contributed by atoms with Crippen molar-refractivity contribution in [3.8, 4) is 11.3 Å². The van der Waals surface area contributed by atoms with E-state index in [2.05, 4.69) is 21.7 Å². The van der Waals surface area contributed by atoms with Crippen LogP contribution < -0.4 is 10.6 Å². The van der Waals surface area contributed by atoms with Gasteiger partial charge in [0.25, 0.3) is 0 Å². The Morgan fingerprint density at radius 2 is 1.79 bits per heavy atom. The van der Waals surface area contributed by atoms with Crippen LogP contribution in [-0.4, -0.2) is 16.1 Å². The van der Waals surface area contributed by atoms with E-state index >= 15 is 0 Å². The molecule has 29 heavy (non-hydrogen) atoms. The number of benzene rings is 2. The van der Waals surface area contributed by atoms with E-state index in [1.54, 1.807) is 6.33 Å². The third-order valence-corrected chi connectivity index (χ3v) is 4.73. The summed E-state index contributed by atoms with van der Waals surface area (Å²) in [7, 11) is 1.91. The lowest BCUT2D eigenvalue weighted by molar-refractivity contribution is -0.137. The van der Waals surface area contributed by atoms with E-state index in [0.717, 1.165) is 48.6 Å². The van der Waals surface area contributed by atoms with E-state index < -0.39 is 11.7 Å². The van der Waals surface area contributed by atoms with Gasteiger partial charge in [0.15, 0.2) is 0 Å². The molecular weight excluding hydrogens is 424 g/mol. The molecular formula is C20H21Cl2F3N4. The fraction of sp³-hybridized carbons (Fsp3) is 0.250. The highest BCUT2D eigenvalue weighted by Gasteiger charge is 2.30. The maximum absolute atomic E-state index is 12.8. The predicted octanol–water partition coefficient (Wildman–Crippen LogP) is 5.34. The zero-order valence-corrected chi connectivity index (χ0v) is 17.2. The van der Waals surface area contributed by atoms with Crippen molar-refractivity contribution in [2.45, 2.75) is 19.1 Å². The minimum atomic E-state index is -4.34. The third kappa shape index (κ3) is 4.86. The van der Waals surface area contributed by atoms with E-state index in [4.69, 9.17) is 0 Å². The van der Waals surface area contributed by atoms with Crippen LogP contribution in [0, 0.1) is 0 Å². The molecule has 4 rings (SSSR count). The quantitative estimate of drug-likeness (QED) is 0.572. The Kier molecular flexibility index (Phi) is 7.21. The first-order chi connectivity index (χ1) is 12.9. The molecule has 4 nitrogen and oxygen atoms in total. The summed E-state index contributed by atoms with van der Waals surface area (Å²) in [5.41, 5.74) is 5.10. The number of nitrogens with zero attached hydrogens (tertiary/aromatic N) is 2. The van der Waals surface area contributed by atoms with Crippen LogP contribution in [0.15, 0.2) is 48.9 Å². The number of alkyl halides is 3. The molecule has 0 atom stereocenters. The molecule has 0 amide bonds. The molecule has 2 N–H and O–H groups in total. The highest BCUT2D eigenvalue weighted by Crippen LogP contribution is 2.37. The van der Waals surface area contributed by atoms with Crippen molar-refractivity contribution in [1.82, 2.24) is 14.9 Å². The molecule has 0 bridgehead atoms. The fourth-order valence-electron chi connectivity index (χ4n) is 3.42. The van der Waals surface area contributed by atoms with Gasteiger partial charge in [-0.25, -0.2) is 4.98 Å². The van der Waals surface area contributed by atoms with Crippen molar-refractivity contribution in [1.29, 1.82) is 0 Å². The average Bonchev–Trinajstić information content (AvgIpc) is 3.07. The molecule has 0 radical (unpaired) electrons. The molecule has 156 valence electrons. The van der Waals surface area contributed by atoms with E-state index in [1.807, 2.05) is 23.9 Å². The largest absolute Gasteiger partial charge is 0.416 e. The van der Waals surface area contributed by atoms with Crippen molar-refractivity contribution >= 4 is 36.2 Å². The minimum absolute atomic E-state index is 0. The molecule has 0 saturated carbocycles. The Hall–Kier alpha value is -2.22. The number of hydrogen-bond donors (Lipinski definition) is 2. The summed E-state index contributed by atoms with van der Waals surface area (Å²) in [5, 5.41) is 6.63. The van der Waals surface area contributed by atoms with Crippen molar-refractivity contribution in [3.05, 3.63) is 65.6 Å². The summed E-state index contributed by atoms with van der Waals surface area (Å²) >= 11 is 0. The first kappa shape index (κ1) is 23.1. The summed E-state index contributed by atoms with van der Waals surface area (Å²) < 4.78 is 40.2. The van der Waals surface area contributed by atoms with Crippen LogP contribution in [0.2, 0.25) is 0 Å². The molecule has 0 fully saturated rings. The number of imidazole rings is 1. The van der Waals surface area contributed by atoms with Crippen LogP contribution in [0.3, 0.4) is 0 Å². The second kappa shape index (κ2) is 9.07.